The fourth-order valence-electron chi connectivity index (χ4n) is 2.08. The number of carbonyl (C=O) groups is 1. The number of carbonyl (C=O) groups excluding carboxylic acids is 1. The molecule has 0 aliphatic carbocycles. The van der Waals surface area contributed by atoms with Crippen molar-refractivity contribution >= 4 is 11.6 Å². The third kappa shape index (κ3) is 2.87. The number of halogens is 1. The quantitative estimate of drug-likeness (QED) is 0.644. The first-order valence-corrected chi connectivity index (χ1v) is 5.95. The molecule has 1 aliphatic heterocycles. The zero-order chi connectivity index (χ0) is 14.0. The van der Waals surface area contributed by atoms with Crippen molar-refractivity contribution in [2.24, 2.45) is 0 Å². The van der Waals surface area contributed by atoms with Gasteiger partial charge in [-0.1, -0.05) is 0 Å². The van der Waals surface area contributed by atoms with Gasteiger partial charge in [0.2, 0.25) is 0 Å². The first-order chi connectivity index (χ1) is 8.99. The van der Waals surface area contributed by atoms with Crippen molar-refractivity contribution in [3.05, 3.63) is 39.7 Å². The maximum absolute atomic E-state index is 13.6. The molecule has 2 rings (SSSR count). The van der Waals surface area contributed by atoms with Crippen LogP contribution >= 0.6 is 0 Å². The molecular formula is C12H14FN3O3. The molecule has 19 heavy (non-hydrogen) atoms. The van der Waals surface area contributed by atoms with E-state index in [1.807, 2.05) is 6.92 Å². The Morgan fingerprint density at radius 1 is 1.58 bits per heavy atom. The molecule has 7 heteroatoms. The zero-order valence-electron chi connectivity index (χ0n) is 10.4. The van der Waals surface area contributed by atoms with Crippen molar-refractivity contribution in [2.75, 3.05) is 19.6 Å². The number of hydrogen-bond donors (Lipinski definition) is 1. The summed E-state index contributed by atoms with van der Waals surface area (Å²) in [6, 6.07) is 3.12. The van der Waals surface area contributed by atoms with Gasteiger partial charge >= 0.3 is 0 Å². The monoisotopic (exact) mass is 267 g/mol. The highest BCUT2D eigenvalue weighted by Gasteiger charge is 2.25. The molecule has 1 N–H and O–H groups in total. The molecule has 0 bridgehead atoms. The molecule has 1 unspecified atom stereocenters. The van der Waals surface area contributed by atoms with E-state index in [9.17, 15) is 19.3 Å². The van der Waals surface area contributed by atoms with Crippen molar-refractivity contribution in [3.63, 3.8) is 0 Å². The number of hydrogen-bond acceptors (Lipinski definition) is 4. The number of benzene rings is 1. The van der Waals surface area contributed by atoms with Gasteiger partial charge in [0, 0.05) is 37.8 Å². The summed E-state index contributed by atoms with van der Waals surface area (Å²) < 4.78 is 13.6. The normalized spacial score (nSPS) is 19.3. The number of piperazine rings is 1. The molecule has 0 aromatic heterocycles. The van der Waals surface area contributed by atoms with E-state index < -0.39 is 16.6 Å². The molecule has 1 fully saturated rings. The van der Waals surface area contributed by atoms with Gasteiger partial charge < -0.3 is 10.2 Å². The van der Waals surface area contributed by atoms with Gasteiger partial charge in [0.25, 0.3) is 11.6 Å². The van der Waals surface area contributed by atoms with Crippen molar-refractivity contribution in [1.29, 1.82) is 0 Å². The molecule has 102 valence electrons. The van der Waals surface area contributed by atoms with Gasteiger partial charge in [-0.3, -0.25) is 14.9 Å². The van der Waals surface area contributed by atoms with Crippen LogP contribution in [0.3, 0.4) is 0 Å². The minimum atomic E-state index is -0.734. The van der Waals surface area contributed by atoms with Crippen molar-refractivity contribution in [3.8, 4) is 0 Å². The van der Waals surface area contributed by atoms with Gasteiger partial charge in [-0.15, -0.1) is 0 Å². The van der Waals surface area contributed by atoms with Gasteiger partial charge in [-0.2, -0.15) is 0 Å². The van der Waals surface area contributed by atoms with Crippen LogP contribution in [-0.2, 0) is 0 Å². The first-order valence-electron chi connectivity index (χ1n) is 5.95. The Morgan fingerprint density at radius 3 is 2.95 bits per heavy atom. The summed E-state index contributed by atoms with van der Waals surface area (Å²) in [5.74, 6) is -1.24. The Kier molecular flexibility index (Phi) is 3.75. The molecule has 1 aliphatic rings. The van der Waals surface area contributed by atoms with Crippen LogP contribution in [0.15, 0.2) is 18.2 Å². The van der Waals surface area contributed by atoms with E-state index in [0.29, 0.717) is 19.6 Å². The van der Waals surface area contributed by atoms with Crippen LogP contribution in [0.5, 0.6) is 0 Å². The molecule has 1 aromatic carbocycles. The highest BCUT2D eigenvalue weighted by molar-refractivity contribution is 5.95. The molecule has 0 saturated carbocycles. The van der Waals surface area contributed by atoms with E-state index in [1.165, 1.54) is 4.90 Å². The Labute approximate surface area is 109 Å². The van der Waals surface area contributed by atoms with Crippen LogP contribution < -0.4 is 5.32 Å². The molecule has 1 amide bonds. The minimum Gasteiger partial charge on any atom is -0.336 e. The maximum atomic E-state index is 13.6. The fourth-order valence-corrected chi connectivity index (χ4v) is 2.08. The Balaban J connectivity index is 2.27. The summed E-state index contributed by atoms with van der Waals surface area (Å²) in [6.45, 7) is 3.47. The maximum Gasteiger partial charge on any atom is 0.270 e. The SMILES string of the molecule is CC1CN(C(=O)c2cc([N+](=O)[O-])ccc2F)CCN1. The number of nitro groups is 1. The lowest BCUT2D eigenvalue weighted by atomic mass is 10.1. The van der Waals surface area contributed by atoms with Crippen molar-refractivity contribution in [1.82, 2.24) is 10.2 Å². The Hall–Kier alpha value is -2.02. The number of nitrogens with one attached hydrogen (secondary N) is 1. The second-order valence-electron chi connectivity index (χ2n) is 4.53. The van der Waals surface area contributed by atoms with E-state index >= 15 is 0 Å². The van der Waals surface area contributed by atoms with Crippen LogP contribution in [0, 0.1) is 15.9 Å². The highest BCUT2D eigenvalue weighted by Crippen LogP contribution is 2.19. The summed E-state index contributed by atoms with van der Waals surface area (Å²) in [5, 5.41) is 13.8. The summed E-state index contributed by atoms with van der Waals surface area (Å²) in [4.78, 5) is 23.7. The molecule has 6 nitrogen and oxygen atoms in total. The minimum absolute atomic E-state index is 0.124. The third-order valence-corrected chi connectivity index (χ3v) is 3.05. The third-order valence-electron chi connectivity index (χ3n) is 3.05. The number of nitrogens with zero attached hydrogens (tertiary/aromatic N) is 2. The molecule has 1 aromatic rings. The fraction of sp³-hybridized carbons (Fsp3) is 0.417. The summed E-state index contributed by atoms with van der Waals surface area (Å²) in [5.41, 5.74) is -0.531. The number of rotatable bonds is 2. The Bertz CT molecular complexity index is 521. The predicted molar refractivity (Wildman–Crippen MR) is 66.4 cm³/mol. The van der Waals surface area contributed by atoms with Crippen LogP contribution in [0.2, 0.25) is 0 Å². The van der Waals surface area contributed by atoms with Gasteiger partial charge in [-0.25, -0.2) is 4.39 Å². The van der Waals surface area contributed by atoms with E-state index in [4.69, 9.17) is 0 Å². The largest absolute Gasteiger partial charge is 0.336 e. The van der Waals surface area contributed by atoms with Gasteiger partial charge in [0.05, 0.1) is 10.5 Å². The second-order valence-corrected chi connectivity index (χ2v) is 4.53. The molecule has 0 radical (unpaired) electrons. The predicted octanol–water partition coefficient (Wildman–Crippen LogP) is 1.17. The van der Waals surface area contributed by atoms with Crippen LogP contribution in [0.25, 0.3) is 0 Å². The van der Waals surface area contributed by atoms with Crippen LogP contribution in [0.4, 0.5) is 10.1 Å². The lowest BCUT2D eigenvalue weighted by molar-refractivity contribution is -0.384. The lowest BCUT2D eigenvalue weighted by Gasteiger charge is -2.31. The zero-order valence-corrected chi connectivity index (χ0v) is 10.4. The summed E-state index contributed by atoms with van der Waals surface area (Å²) >= 11 is 0. The molecule has 1 saturated heterocycles. The van der Waals surface area contributed by atoms with Crippen molar-refractivity contribution in [2.45, 2.75) is 13.0 Å². The topological polar surface area (TPSA) is 75.5 Å². The standard InChI is InChI=1S/C12H14FN3O3/c1-8-7-15(5-4-14-8)12(17)10-6-9(16(18)19)2-3-11(10)13/h2-3,6,8,14H,4-5,7H2,1H3. The first kappa shape index (κ1) is 13.4. The average Bonchev–Trinajstić information content (AvgIpc) is 2.38. The molecular weight excluding hydrogens is 253 g/mol. The molecule has 1 atom stereocenters. The van der Waals surface area contributed by atoms with Gasteiger partial charge in [0.15, 0.2) is 0 Å². The summed E-state index contributed by atoms with van der Waals surface area (Å²) in [7, 11) is 0. The number of non-ortho nitro benzene ring substituents is 1. The van der Waals surface area contributed by atoms with E-state index in [2.05, 4.69) is 5.32 Å². The lowest BCUT2D eigenvalue weighted by Crippen LogP contribution is -2.51. The van der Waals surface area contributed by atoms with Gasteiger partial charge in [0.1, 0.15) is 5.82 Å². The molecule has 0 spiro atoms. The van der Waals surface area contributed by atoms with E-state index in [-0.39, 0.29) is 17.3 Å². The average molecular weight is 267 g/mol. The number of amides is 1. The highest BCUT2D eigenvalue weighted by atomic mass is 19.1. The smallest absolute Gasteiger partial charge is 0.270 e. The number of nitro benzene ring substituents is 1. The Morgan fingerprint density at radius 2 is 2.32 bits per heavy atom. The second kappa shape index (κ2) is 5.31. The van der Waals surface area contributed by atoms with Crippen LogP contribution in [0.1, 0.15) is 17.3 Å². The molecule has 1 heterocycles. The van der Waals surface area contributed by atoms with Crippen LogP contribution in [-0.4, -0.2) is 41.4 Å². The van der Waals surface area contributed by atoms with E-state index in [1.54, 1.807) is 0 Å². The van der Waals surface area contributed by atoms with Crippen molar-refractivity contribution < 1.29 is 14.1 Å². The van der Waals surface area contributed by atoms with E-state index in [0.717, 1.165) is 18.2 Å². The van der Waals surface area contributed by atoms with Gasteiger partial charge in [-0.05, 0) is 13.0 Å². The summed E-state index contributed by atoms with van der Waals surface area (Å²) in [6.07, 6.45) is 0.